The van der Waals surface area contributed by atoms with E-state index in [1.54, 1.807) is 17.1 Å². The number of aryl methyl sites for hydroxylation is 1. The molecule has 0 spiro atoms. The van der Waals surface area contributed by atoms with Gasteiger partial charge in [0.25, 0.3) is 5.91 Å². The van der Waals surface area contributed by atoms with Gasteiger partial charge in [-0.25, -0.2) is 0 Å². The highest BCUT2D eigenvalue weighted by molar-refractivity contribution is 5.93. The average Bonchev–Trinajstić information content (AvgIpc) is 2.90. The molecule has 138 valence electrons. The first-order valence-corrected chi connectivity index (χ1v) is 9.31. The number of aromatic nitrogens is 2. The zero-order valence-corrected chi connectivity index (χ0v) is 15.4. The summed E-state index contributed by atoms with van der Waals surface area (Å²) in [4.78, 5) is 31.1. The molecule has 0 aromatic carbocycles. The third-order valence-corrected chi connectivity index (χ3v) is 5.32. The minimum atomic E-state index is 0.0336. The first-order chi connectivity index (χ1) is 12.0. The molecule has 0 radical (unpaired) electrons. The van der Waals surface area contributed by atoms with Gasteiger partial charge in [-0.3, -0.25) is 19.2 Å². The standard InChI is InChI=1S/C18H29N5O2/c1-15-4-8-22(9-5-15)17(24)14-21-6-3-7-23(11-10-21)18(25)16-12-19-20(2)13-16/h12-13,15H,3-11,14H2,1-2H3. The van der Waals surface area contributed by atoms with E-state index in [0.717, 1.165) is 57.9 Å². The maximum absolute atomic E-state index is 12.6. The molecule has 7 nitrogen and oxygen atoms in total. The van der Waals surface area contributed by atoms with Crippen molar-refractivity contribution in [3.8, 4) is 0 Å². The van der Waals surface area contributed by atoms with E-state index in [-0.39, 0.29) is 11.8 Å². The number of amides is 2. The average molecular weight is 347 g/mol. The molecule has 2 aliphatic rings. The van der Waals surface area contributed by atoms with E-state index >= 15 is 0 Å². The third kappa shape index (κ3) is 4.60. The number of carbonyl (C=O) groups is 2. The van der Waals surface area contributed by atoms with Gasteiger partial charge < -0.3 is 9.80 Å². The summed E-state index contributed by atoms with van der Waals surface area (Å²) in [6.45, 7) is 7.53. The van der Waals surface area contributed by atoms with Gasteiger partial charge in [0.15, 0.2) is 0 Å². The minimum Gasteiger partial charge on any atom is -0.342 e. The molecule has 2 amide bonds. The van der Waals surface area contributed by atoms with Gasteiger partial charge in [0.2, 0.25) is 5.91 Å². The Morgan fingerprint density at radius 2 is 1.84 bits per heavy atom. The predicted octanol–water partition coefficient (Wildman–Crippen LogP) is 0.827. The van der Waals surface area contributed by atoms with Crippen molar-refractivity contribution < 1.29 is 9.59 Å². The highest BCUT2D eigenvalue weighted by Crippen LogP contribution is 2.16. The number of hydrogen-bond acceptors (Lipinski definition) is 4. The molecule has 0 N–H and O–H groups in total. The number of nitrogens with zero attached hydrogens (tertiary/aromatic N) is 5. The Bertz CT molecular complexity index is 606. The van der Waals surface area contributed by atoms with Crippen LogP contribution in [0.2, 0.25) is 0 Å². The fourth-order valence-corrected chi connectivity index (χ4v) is 3.60. The van der Waals surface area contributed by atoms with E-state index in [1.807, 2.05) is 16.8 Å². The molecule has 25 heavy (non-hydrogen) atoms. The molecular weight excluding hydrogens is 318 g/mol. The predicted molar refractivity (Wildman–Crippen MR) is 95.1 cm³/mol. The van der Waals surface area contributed by atoms with Crippen LogP contribution in [0.5, 0.6) is 0 Å². The number of carbonyl (C=O) groups excluding carboxylic acids is 2. The van der Waals surface area contributed by atoms with Gasteiger partial charge in [0.1, 0.15) is 0 Å². The summed E-state index contributed by atoms with van der Waals surface area (Å²) < 4.78 is 1.65. The van der Waals surface area contributed by atoms with E-state index < -0.39 is 0 Å². The van der Waals surface area contributed by atoms with E-state index in [0.29, 0.717) is 18.7 Å². The van der Waals surface area contributed by atoms with E-state index in [9.17, 15) is 9.59 Å². The quantitative estimate of drug-likeness (QED) is 0.812. The van der Waals surface area contributed by atoms with Crippen molar-refractivity contribution in [2.24, 2.45) is 13.0 Å². The highest BCUT2D eigenvalue weighted by Gasteiger charge is 2.25. The molecule has 3 heterocycles. The monoisotopic (exact) mass is 347 g/mol. The fourth-order valence-electron chi connectivity index (χ4n) is 3.60. The van der Waals surface area contributed by atoms with Crippen molar-refractivity contribution in [2.45, 2.75) is 26.2 Å². The lowest BCUT2D eigenvalue weighted by molar-refractivity contribution is -0.133. The Morgan fingerprint density at radius 3 is 2.52 bits per heavy atom. The number of rotatable bonds is 3. The Morgan fingerprint density at radius 1 is 1.08 bits per heavy atom. The lowest BCUT2D eigenvalue weighted by atomic mass is 9.99. The molecule has 2 aliphatic heterocycles. The van der Waals surface area contributed by atoms with Gasteiger partial charge in [-0.1, -0.05) is 6.92 Å². The van der Waals surface area contributed by atoms with Crippen LogP contribution < -0.4 is 0 Å². The second kappa shape index (κ2) is 7.99. The smallest absolute Gasteiger partial charge is 0.257 e. The fraction of sp³-hybridized carbons (Fsp3) is 0.722. The summed E-state index contributed by atoms with van der Waals surface area (Å²) in [7, 11) is 1.81. The first kappa shape index (κ1) is 17.9. The lowest BCUT2D eigenvalue weighted by Crippen LogP contribution is -2.45. The minimum absolute atomic E-state index is 0.0336. The van der Waals surface area contributed by atoms with Gasteiger partial charge in [-0.15, -0.1) is 0 Å². The summed E-state index contributed by atoms with van der Waals surface area (Å²) in [5.41, 5.74) is 0.634. The zero-order chi connectivity index (χ0) is 17.8. The van der Waals surface area contributed by atoms with Gasteiger partial charge in [0.05, 0.1) is 18.3 Å². The summed E-state index contributed by atoms with van der Waals surface area (Å²) >= 11 is 0. The van der Waals surface area contributed by atoms with Crippen LogP contribution in [-0.4, -0.2) is 82.1 Å². The topological polar surface area (TPSA) is 61.7 Å². The summed E-state index contributed by atoms with van der Waals surface area (Å²) in [5, 5.41) is 4.08. The lowest BCUT2D eigenvalue weighted by Gasteiger charge is -2.32. The Labute approximate surface area is 149 Å². The Balaban J connectivity index is 1.49. The van der Waals surface area contributed by atoms with E-state index in [1.165, 1.54) is 0 Å². The molecule has 0 bridgehead atoms. The van der Waals surface area contributed by atoms with Crippen LogP contribution in [0.4, 0.5) is 0 Å². The number of hydrogen-bond donors (Lipinski definition) is 0. The second-order valence-electron chi connectivity index (χ2n) is 7.39. The van der Waals surface area contributed by atoms with Crippen molar-refractivity contribution in [3.63, 3.8) is 0 Å². The number of piperidine rings is 1. The van der Waals surface area contributed by atoms with E-state index in [4.69, 9.17) is 0 Å². The van der Waals surface area contributed by atoms with Crippen molar-refractivity contribution in [3.05, 3.63) is 18.0 Å². The van der Waals surface area contributed by atoms with Gasteiger partial charge in [-0.2, -0.15) is 5.10 Å². The van der Waals surface area contributed by atoms with Crippen molar-refractivity contribution in [1.29, 1.82) is 0 Å². The molecule has 0 unspecified atom stereocenters. The van der Waals surface area contributed by atoms with Crippen LogP contribution in [0, 0.1) is 5.92 Å². The molecule has 0 atom stereocenters. The van der Waals surface area contributed by atoms with Crippen molar-refractivity contribution >= 4 is 11.8 Å². The third-order valence-electron chi connectivity index (χ3n) is 5.32. The molecule has 7 heteroatoms. The van der Waals surface area contributed by atoms with Gasteiger partial charge in [0, 0.05) is 52.5 Å². The van der Waals surface area contributed by atoms with Crippen molar-refractivity contribution in [2.75, 3.05) is 45.8 Å². The number of likely N-dealkylation sites (tertiary alicyclic amines) is 1. The van der Waals surface area contributed by atoms with E-state index in [2.05, 4.69) is 16.9 Å². The van der Waals surface area contributed by atoms with Crippen LogP contribution in [0.15, 0.2) is 12.4 Å². The summed E-state index contributed by atoms with van der Waals surface area (Å²) in [6.07, 6.45) is 6.49. The van der Waals surface area contributed by atoms with Gasteiger partial charge in [-0.05, 0) is 25.2 Å². The largest absolute Gasteiger partial charge is 0.342 e. The van der Waals surface area contributed by atoms with Crippen LogP contribution >= 0.6 is 0 Å². The molecule has 3 rings (SSSR count). The van der Waals surface area contributed by atoms with Crippen LogP contribution in [0.1, 0.15) is 36.5 Å². The maximum atomic E-state index is 12.6. The molecule has 0 saturated carbocycles. The molecule has 0 aliphatic carbocycles. The zero-order valence-electron chi connectivity index (χ0n) is 15.4. The first-order valence-electron chi connectivity index (χ1n) is 9.31. The van der Waals surface area contributed by atoms with Crippen LogP contribution in [0.25, 0.3) is 0 Å². The normalized spacial score (nSPS) is 20.6. The maximum Gasteiger partial charge on any atom is 0.257 e. The molecular formula is C18H29N5O2. The summed E-state index contributed by atoms with van der Waals surface area (Å²) in [6, 6.07) is 0. The summed E-state index contributed by atoms with van der Waals surface area (Å²) in [5.74, 6) is 1.000. The van der Waals surface area contributed by atoms with Crippen LogP contribution in [-0.2, 0) is 11.8 Å². The molecule has 2 fully saturated rings. The van der Waals surface area contributed by atoms with Crippen molar-refractivity contribution in [1.82, 2.24) is 24.5 Å². The second-order valence-corrected chi connectivity index (χ2v) is 7.39. The molecule has 1 aromatic heterocycles. The Hall–Kier alpha value is -1.89. The van der Waals surface area contributed by atoms with Gasteiger partial charge >= 0.3 is 0 Å². The van der Waals surface area contributed by atoms with Crippen LogP contribution in [0.3, 0.4) is 0 Å². The Kier molecular flexibility index (Phi) is 5.73. The molecule has 2 saturated heterocycles. The SMILES string of the molecule is CC1CCN(C(=O)CN2CCCN(C(=O)c3cnn(C)c3)CC2)CC1. The highest BCUT2D eigenvalue weighted by atomic mass is 16.2. The molecule has 1 aromatic rings.